The molecule has 2 aromatic rings. The fourth-order valence-electron chi connectivity index (χ4n) is 1.59. The summed E-state index contributed by atoms with van der Waals surface area (Å²) in [6, 6.07) is 5.16. The molecule has 0 spiro atoms. The minimum Gasteiger partial charge on any atom is -0.384 e. The Balaban J connectivity index is 2.47. The molecular weight excluding hydrogens is 302 g/mol. The Kier molecular flexibility index (Phi) is 3.85. The first kappa shape index (κ1) is 14.9. The lowest BCUT2D eigenvalue weighted by atomic mass is 10.1. The Hall–Kier alpha value is -2.55. The van der Waals surface area contributed by atoms with E-state index in [4.69, 9.17) is 11.1 Å². The number of nitrogens with two attached hydrogens (primary N) is 1. The number of nitrogens with zero attached hydrogens (tertiary/aromatic N) is 1. The largest absolute Gasteiger partial charge is 0.384 e. The Morgan fingerprint density at radius 1 is 1.29 bits per heavy atom. The van der Waals surface area contributed by atoms with E-state index in [2.05, 4.69) is 4.98 Å². The van der Waals surface area contributed by atoms with Crippen LogP contribution in [0.1, 0.15) is 5.56 Å². The van der Waals surface area contributed by atoms with Crippen molar-refractivity contribution >= 4 is 21.5 Å². The first-order valence-electron chi connectivity index (χ1n) is 5.58. The fourth-order valence-corrected chi connectivity index (χ4v) is 2.68. The second-order valence-electron chi connectivity index (χ2n) is 4.00. The standard InChI is InChI=1S/C12H10F2N4O2S/c13-7-3-4-10(8(6-7)11(15)16)18-21(19,20)12-9(14)2-1-5-17-12/h1-6,18H,(H3,15,16). The second-order valence-corrected chi connectivity index (χ2v) is 5.60. The van der Waals surface area contributed by atoms with Gasteiger partial charge in [-0.3, -0.25) is 10.1 Å². The molecule has 0 aliphatic heterocycles. The van der Waals surface area contributed by atoms with E-state index in [1.807, 2.05) is 4.72 Å². The number of benzene rings is 1. The predicted molar refractivity (Wildman–Crippen MR) is 72.4 cm³/mol. The van der Waals surface area contributed by atoms with Crippen LogP contribution in [0, 0.1) is 17.0 Å². The third-order valence-corrected chi connectivity index (χ3v) is 3.79. The zero-order valence-electron chi connectivity index (χ0n) is 10.5. The number of hydrogen-bond donors (Lipinski definition) is 3. The highest BCUT2D eigenvalue weighted by Crippen LogP contribution is 2.21. The molecule has 6 nitrogen and oxygen atoms in total. The highest BCUT2D eigenvalue weighted by atomic mass is 32.2. The van der Waals surface area contributed by atoms with Crippen LogP contribution in [0.3, 0.4) is 0 Å². The summed E-state index contributed by atoms with van der Waals surface area (Å²) in [5.74, 6) is -2.25. The number of nitrogen functional groups attached to an aromatic ring is 1. The summed E-state index contributed by atoms with van der Waals surface area (Å²) < 4.78 is 52.8. The van der Waals surface area contributed by atoms with Crippen molar-refractivity contribution in [3.63, 3.8) is 0 Å². The van der Waals surface area contributed by atoms with E-state index in [-0.39, 0.29) is 11.3 Å². The van der Waals surface area contributed by atoms with Gasteiger partial charge in [-0.25, -0.2) is 13.8 Å². The molecule has 0 aliphatic rings. The van der Waals surface area contributed by atoms with E-state index in [1.165, 1.54) is 6.07 Å². The minimum atomic E-state index is -4.32. The van der Waals surface area contributed by atoms with E-state index in [1.54, 1.807) is 0 Å². The number of rotatable bonds is 4. The number of hydrogen-bond acceptors (Lipinski definition) is 4. The number of pyridine rings is 1. The summed E-state index contributed by atoms with van der Waals surface area (Å²) in [5, 5.41) is 6.51. The van der Waals surface area contributed by atoms with Crippen molar-refractivity contribution in [2.45, 2.75) is 5.03 Å². The van der Waals surface area contributed by atoms with Gasteiger partial charge in [-0.05, 0) is 30.3 Å². The molecule has 21 heavy (non-hydrogen) atoms. The molecule has 1 heterocycles. The third kappa shape index (κ3) is 3.14. The molecule has 0 radical (unpaired) electrons. The van der Waals surface area contributed by atoms with Crippen LogP contribution in [0.5, 0.6) is 0 Å². The van der Waals surface area contributed by atoms with E-state index in [0.717, 1.165) is 30.5 Å². The maximum Gasteiger partial charge on any atom is 0.282 e. The number of amidine groups is 1. The average Bonchev–Trinajstić information content (AvgIpc) is 2.40. The molecule has 0 aliphatic carbocycles. The Morgan fingerprint density at radius 2 is 2.00 bits per heavy atom. The highest BCUT2D eigenvalue weighted by molar-refractivity contribution is 7.92. The van der Waals surface area contributed by atoms with Gasteiger partial charge in [0.2, 0.25) is 5.03 Å². The molecule has 0 saturated carbocycles. The summed E-state index contributed by atoms with van der Waals surface area (Å²) in [5.41, 5.74) is 4.96. The maximum absolute atomic E-state index is 13.5. The summed E-state index contributed by atoms with van der Waals surface area (Å²) in [6.07, 6.45) is 1.12. The lowest BCUT2D eigenvalue weighted by Gasteiger charge is -2.11. The van der Waals surface area contributed by atoms with Gasteiger partial charge in [0.05, 0.1) is 5.69 Å². The van der Waals surface area contributed by atoms with Crippen LogP contribution in [-0.2, 0) is 10.0 Å². The third-order valence-electron chi connectivity index (χ3n) is 2.50. The van der Waals surface area contributed by atoms with Gasteiger partial charge >= 0.3 is 0 Å². The van der Waals surface area contributed by atoms with E-state index in [9.17, 15) is 17.2 Å². The van der Waals surface area contributed by atoms with Gasteiger partial charge in [0.1, 0.15) is 11.7 Å². The molecule has 0 amide bonds. The van der Waals surface area contributed by atoms with Crippen molar-refractivity contribution in [2.75, 3.05) is 4.72 Å². The minimum absolute atomic E-state index is 0.144. The number of aromatic nitrogens is 1. The van der Waals surface area contributed by atoms with Gasteiger partial charge in [-0.15, -0.1) is 0 Å². The second kappa shape index (κ2) is 5.44. The molecule has 0 bridgehead atoms. The molecule has 0 atom stereocenters. The van der Waals surface area contributed by atoms with E-state index >= 15 is 0 Å². The van der Waals surface area contributed by atoms with Gasteiger partial charge in [0.25, 0.3) is 10.0 Å². The van der Waals surface area contributed by atoms with Crippen LogP contribution in [0.2, 0.25) is 0 Å². The van der Waals surface area contributed by atoms with Crippen molar-refractivity contribution < 1.29 is 17.2 Å². The van der Waals surface area contributed by atoms with Gasteiger partial charge in [-0.2, -0.15) is 8.42 Å². The van der Waals surface area contributed by atoms with E-state index in [0.29, 0.717) is 0 Å². The Labute approximate surface area is 119 Å². The van der Waals surface area contributed by atoms with Crippen LogP contribution in [0.25, 0.3) is 0 Å². The monoisotopic (exact) mass is 312 g/mol. The molecule has 0 unspecified atom stereocenters. The number of nitrogens with one attached hydrogen (secondary N) is 2. The lowest BCUT2D eigenvalue weighted by molar-refractivity contribution is 0.556. The quantitative estimate of drug-likeness (QED) is 0.586. The highest BCUT2D eigenvalue weighted by Gasteiger charge is 2.22. The number of halogens is 2. The Bertz CT molecular complexity index is 809. The zero-order chi connectivity index (χ0) is 15.6. The summed E-state index contributed by atoms with van der Waals surface area (Å²) >= 11 is 0. The van der Waals surface area contributed by atoms with Crippen molar-refractivity contribution in [1.82, 2.24) is 4.98 Å². The van der Waals surface area contributed by atoms with Crippen LogP contribution < -0.4 is 10.5 Å². The van der Waals surface area contributed by atoms with Gasteiger partial charge in [-0.1, -0.05) is 0 Å². The number of anilines is 1. The average molecular weight is 312 g/mol. The van der Waals surface area contributed by atoms with Gasteiger partial charge < -0.3 is 5.73 Å². The first-order valence-corrected chi connectivity index (χ1v) is 7.07. The molecule has 0 fully saturated rings. The van der Waals surface area contributed by atoms with Crippen LogP contribution >= 0.6 is 0 Å². The SMILES string of the molecule is N=C(N)c1cc(F)ccc1NS(=O)(=O)c1ncccc1F. The van der Waals surface area contributed by atoms with Crippen molar-refractivity contribution in [3.8, 4) is 0 Å². The van der Waals surface area contributed by atoms with Crippen molar-refractivity contribution in [1.29, 1.82) is 5.41 Å². The Morgan fingerprint density at radius 3 is 2.62 bits per heavy atom. The molecule has 1 aromatic heterocycles. The van der Waals surface area contributed by atoms with Crippen molar-refractivity contribution in [3.05, 3.63) is 53.7 Å². The van der Waals surface area contributed by atoms with Crippen molar-refractivity contribution in [2.24, 2.45) is 5.73 Å². The topological polar surface area (TPSA) is 109 Å². The maximum atomic E-state index is 13.5. The molecule has 0 saturated heterocycles. The van der Waals surface area contributed by atoms with Crippen LogP contribution in [-0.4, -0.2) is 19.2 Å². The molecule has 110 valence electrons. The van der Waals surface area contributed by atoms with Gasteiger partial charge in [0.15, 0.2) is 5.82 Å². The molecule has 2 rings (SSSR count). The predicted octanol–water partition coefficient (Wildman–Crippen LogP) is 1.44. The van der Waals surface area contributed by atoms with E-state index < -0.39 is 32.5 Å². The molecule has 4 N–H and O–H groups in total. The van der Waals surface area contributed by atoms with Crippen LogP contribution in [0.15, 0.2) is 41.6 Å². The lowest BCUT2D eigenvalue weighted by Crippen LogP contribution is -2.20. The number of sulfonamides is 1. The van der Waals surface area contributed by atoms with Crippen LogP contribution in [0.4, 0.5) is 14.5 Å². The smallest absolute Gasteiger partial charge is 0.282 e. The molecule has 1 aromatic carbocycles. The summed E-state index contributed by atoms with van der Waals surface area (Å²) in [4.78, 5) is 3.45. The summed E-state index contributed by atoms with van der Waals surface area (Å²) in [6.45, 7) is 0. The molecule has 9 heteroatoms. The fraction of sp³-hybridized carbons (Fsp3) is 0. The molecular formula is C12H10F2N4O2S. The van der Waals surface area contributed by atoms with Gasteiger partial charge in [0, 0.05) is 11.8 Å². The normalized spacial score (nSPS) is 11.1. The first-order chi connectivity index (χ1) is 9.81. The zero-order valence-corrected chi connectivity index (χ0v) is 11.3. The summed E-state index contributed by atoms with van der Waals surface area (Å²) in [7, 11) is -4.32.